The number of alkyl halides is 1. The highest BCUT2D eigenvalue weighted by Crippen LogP contribution is 2.42. The molecule has 124 valence electrons. The number of rotatable bonds is 7. The Morgan fingerprint density at radius 3 is 2.67 bits per heavy atom. The van der Waals surface area contributed by atoms with Crippen LogP contribution < -0.4 is 0 Å². The summed E-state index contributed by atoms with van der Waals surface area (Å²) in [5, 5.41) is 18.0. The summed E-state index contributed by atoms with van der Waals surface area (Å²) in [5.74, 6) is -0.598. The molecule has 0 aromatic rings. The largest absolute Gasteiger partial charge is 0.396 e. The van der Waals surface area contributed by atoms with Crippen LogP contribution in [0.1, 0.15) is 45.4 Å². The van der Waals surface area contributed by atoms with Crippen molar-refractivity contribution in [3.63, 3.8) is 0 Å². The molecule has 1 unspecified atom stereocenters. The van der Waals surface area contributed by atoms with E-state index < -0.39 is 30.3 Å². The van der Waals surface area contributed by atoms with E-state index in [0.29, 0.717) is 6.42 Å². The molecule has 1 aliphatic heterocycles. The normalized spacial score (nSPS) is 29.4. The van der Waals surface area contributed by atoms with Crippen LogP contribution in [-0.4, -0.2) is 60.3 Å². The second kappa shape index (κ2) is 7.33. The zero-order chi connectivity index (χ0) is 15.3. The summed E-state index contributed by atoms with van der Waals surface area (Å²) >= 11 is 0. The average molecular weight is 306 g/mol. The van der Waals surface area contributed by atoms with Gasteiger partial charge in [0.25, 0.3) is 0 Å². The number of ether oxygens (including phenoxy) is 3. The minimum Gasteiger partial charge on any atom is -0.396 e. The predicted molar refractivity (Wildman–Crippen MR) is 74.7 cm³/mol. The summed E-state index contributed by atoms with van der Waals surface area (Å²) < 4.78 is 31.8. The fraction of sp³-hybridized carbons (Fsp3) is 1.00. The summed E-state index contributed by atoms with van der Waals surface area (Å²) in [6.45, 7) is 1.47. The van der Waals surface area contributed by atoms with Gasteiger partial charge in [-0.05, 0) is 26.2 Å². The lowest BCUT2D eigenvalue weighted by atomic mass is 9.92. The van der Waals surface area contributed by atoms with E-state index in [1.807, 2.05) is 0 Å². The summed E-state index contributed by atoms with van der Waals surface area (Å²) in [5.41, 5.74) is -1.26. The van der Waals surface area contributed by atoms with Gasteiger partial charge in [0.15, 0.2) is 12.0 Å². The molecule has 0 amide bonds. The van der Waals surface area contributed by atoms with Gasteiger partial charge in [-0.25, -0.2) is 4.39 Å². The summed E-state index contributed by atoms with van der Waals surface area (Å²) in [7, 11) is 0. The van der Waals surface area contributed by atoms with Gasteiger partial charge in [-0.2, -0.15) is 0 Å². The van der Waals surface area contributed by atoms with E-state index in [2.05, 4.69) is 0 Å². The van der Waals surface area contributed by atoms with Crippen LogP contribution in [0.5, 0.6) is 0 Å². The van der Waals surface area contributed by atoms with Crippen LogP contribution in [0.3, 0.4) is 0 Å². The Morgan fingerprint density at radius 1 is 1.33 bits per heavy atom. The minimum absolute atomic E-state index is 0.0158. The van der Waals surface area contributed by atoms with Crippen molar-refractivity contribution in [1.82, 2.24) is 0 Å². The first kappa shape index (κ1) is 17.1. The zero-order valence-corrected chi connectivity index (χ0v) is 12.7. The van der Waals surface area contributed by atoms with Crippen LogP contribution in [0.25, 0.3) is 0 Å². The number of aliphatic hydroxyl groups is 2. The van der Waals surface area contributed by atoms with Crippen LogP contribution in [-0.2, 0) is 14.2 Å². The van der Waals surface area contributed by atoms with Crippen LogP contribution in [0.4, 0.5) is 4.39 Å². The Balaban J connectivity index is 2.03. The number of aliphatic hydroxyl groups excluding tert-OH is 2. The zero-order valence-electron chi connectivity index (χ0n) is 12.7. The van der Waals surface area contributed by atoms with Crippen molar-refractivity contribution in [2.75, 3.05) is 26.4 Å². The molecule has 2 rings (SSSR count). The van der Waals surface area contributed by atoms with Crippen molar-refractivity contribution in [1.29, 1.82) is 0 Å². The number of hydrogen-bond acceptors (Lipinski definition) is 5. The van der Waals surface area contributed by atoms with Gasteiger partial charge >= 0.3 is 0 Å². The molecule has 2 fully saturated rings. The van der Waals surface area contributed by atoms with Gasteiger partial charge in [0, 0.05) is 26.1 Å². The molecule has 2 N–H and O–H groups in total. The second-order valence-corrected chi connectivity index (χ2v) is 6.15. The predicted octanol–water partition coefficient (Wildman–Crippen LogP) is 1.55. The van der Waals surface area contributed by atoms with Gasteiger partial charge in [0.05, 0.1) is 13.2 Å². The van der Waals surface area contributed by atoms with Gasteiger partial charge in [-0.3, -0.25) is 0 Å². The lowest BCUT2D eigenvalue weighted by Crippen LogP contribution is -2.53. The molecule has 2 aliphatic rings. The van der Waals surface area contributed by atoms with Crippen molar-refractivity contribution in [2.24, 2.45) is 0 Å². The monoisotopic (exact) mass is 306 g/mol. The highest BCUT2D eigenvalue weighted by molar-refractivity contribution is 4.97. The van der Waals surface area contributed by atoms with E-state index >= 15 is 0 Å². The topological polar surface area (TPSA) is 68.2 Å². The molecule has 3 atom stereocenters. The number of halogens is 1. The molecular formula is C15H27FO5. The first-order chi connectivity index (χ1) is 10.1. The Morgan fingerprint density at radius 2 is 2.05 bits per heavy atom. The highest BCUT2D eigenvalue weighted by atomic mass is 19.1. The molecule has 1 saturated carbocycles. The summed E-state index contributed by atoms with van der Waals surface area (Å²) in [4.78, 5) is 0. The smallest absolute Gasteiger partial charge is 0.169 e. The van der Waals surface area contributed by atoms with Crippen LogP contribution in [0, 0.1) is 0 Å². The molecule has 6 heteroatoms. The Bertz CT molecular complexity index is 321. The van der Waals surface area contributed by atoms with Gasteiger partial charge in [0.2, 0.25) is 0 Å². The third kappa shape index (κ3) is 3.74. The fourth-order valence-corrected chi connectivity index (χ4v) is 3.11. The van der Waals surface area contributed by atoms with E-state index in [0.717, 1.165) is 25.7 Å². The van der Waals surface area contributed by atoms with Gasteiger partial charge in [0.1, 0.15) is 11.7 Å². The van der Waals surface area contributed by atoms with Crippen molar-refractivity contribution in [3.8, 4) is 0 Å². The van der Waals surface area contributed by atoms with Crippen molar-refractivity contribution >= 4 is 0 Å². The second-order valence-electron chi connectivity index (χ2n) is 6.15. The molecule has 0 radical (unpaired) electrons. The first-order valence-electron chi connectivity index (χ1n) is 7.88. The maximum Gasteiger partial charge on any atom is 0.169 e. The molecule has 1 heterocycles. The molecule has 0 aromatic heterocycles. The van der Waals surface area contributed by atoms with E-state index in [1.165, 1.54) is 6.42 Å². The molecular weight excluding hydrogens is 279 g/mol. The van der Waals surface area contributed by atoms with Gasteiger partial charge in [-0.1, -0.05) is 6.42 Å². The van der Waals surface area contributed by atoms with Crippen LogP contribution in [0.2, 0.25) is 0 Å². The number of hydrogen-bond donors (Lipinski definition) is 2. The SMILES string of the molecule is C[C@](OCCCO)(C(F)CO)[C@H]1COC2(CCCCC2)O1. The molecule has 0 aromatic carbocycles. The molecule has 21 heavy (non-hydrogen) atoms. The van der Waals surface area contributed by atoms with Gasteiger partial charge in [-0.15, -0.1) is 0 Å². The van der Waals surface area contributed by atoms with E-state index in [-0.39, 0.29) is 19.8 Å². The third-order valence-corrected chi connectivity index (χ3v) is 4.61. The summed E-state index contributed by atoms with van der Waals surface area (Å²) in [6, 6.07) is 0. The van der Waals surface area contributed by atoms with E-state index in [4.69, 9.17) is 19.3 Å². The Hall–Kier alpha value is -0.270. The minimum atomic E-state index is -1.55. The lowest BCUT2D eigenvalue weighted by Gasteiger charge is -2.38. The molecule has 1 spiro atoms. The molecule has 0 bridgehead atoms. The third-order valence-electron chi connectivity index (χ3n) is 4.61. The first-order valence-corrected chi connectivity index (χ1v) is 7.88. The molecule has 1 aliphatic carbocycles. The lowest BCUT2D eigenvalue weighted by molar-refractivity contribution is -0.224. The van der Waals surface area contributed by atoms with E-state index in [1.54, 1.807) is 6.92 Å². The van der Waals surface area contributed by atoms with Gasteiger partial charge < -0.3 is 24.4 Å². The van der Waals surface area contributed by atoms with Crippen molar-refractivity contribution in [2.45, 2.75) is 69.1 Å². The van der Waals surface area contributed by atoms with E-state index in [9.17, 15) is 9.50 Å². The maximum absolute atomic E-state index is 14.2. The Labute approximate surface area is 125 Å². The van der Waals surface area contributed by atoms with Crippen LogP contribution in [0.15, 0.2) is 0 Å². The average Bonchev–Trinajstić information content (AvgIpc) is 2.91. The fourth-order valence-electron chi connectivity index (χ4n) is 3.11. The quantitative estimate of drug-likeness (QED) is 0.699. The standard InChI is InChI=1S/C15H27FO5/c1-14(12(16)10-18,19-9-5-8-17)13-11-20-15(21-13)6-3-2-4-7-15/h12-13,17-18H,2-11H2,1H3/t12?,13-,14+/m1/s1. The van der Waals surface area contributed by atoms with Crippen LogP contribution >= 0.6 is 0 Å². The van der Waals surface area contributed by atoms with Crippen molar-refractivity contribution in [3.05, 3.63) is 0 Å². The molecule has 5 nitrogen and oxygen atoms in total. The van der Waals surface area contributed by atoms with Crippen molar-refractivity contribution < 1.29 is 28.8 Å². The highest BCUT2D eigenvalue weighted by Gasteiger charge is 2.53. The maximum atomic E-state index is 14.2. The molecule has 1 saturated heterocycles. The summed E-state index contributed by atoms with van der Waals surface area (Å²) in [6.07, 6.45) is 3.25. The Kier molecular flexibility index (Phi) is 5.96.